The van der Waals surface area contributed by atoms with Crippen LogP contribution in [0.2, 0.25) is 19.6 Å². The molecular formula is C55H42BF15NOPSi. The molecule has 0 saturated heterocycles. The maximum atomic E-state index is 17.7. The second kappa shape index (κ2) is 19.2. The van der Waals surface area contributed by atoms with Crippen molar-refractivity contribution in [1.29, 1.82) is 0 Å². The lowest BCUT2D eigenvalue weighted by Gasteiger charge is -2.46. The van der Waals surface area contributed by atoms with Crippen LogP contribution in [0.4, 0.5) is 65.9 Å². The number of nitrogens with zero attached hydrogens (tertiary/aromatic N) is 1. The summed E-state index contributed by atoms with van der Waals surface area (Å²) < 4.78 is 248. The number of aryl methyl sites for hydroxylation is 6. The van der Waals surface area contributed by atoms with Crippen molar-refractivity contribution >= 4 is 58.9 Å². The van der Waals surface area contributed by atoms with E-state index in [-0.39, 0.29) is 37.8 Å². The van der Waals surface area contributed by atoms with Gasteiger partial charge in [0, 0.05) is 16.2 Å². The molecule has 0 aromatic heterocycles. The third kappa shape index (κ3) is 7.80. The third-order valence-electron chi connectivity index (χ3n) is 13.8. The molecular weight excluding hydrogens is 1050 g/mol. The minimum Gasteiger partial charge on any atom is -0.286 e. The lowest BCUT2D eigenvalue weighted by molar-refractivity contribution is -0.659. The Labute approximate surface area is 422 Å². The van der Waals surface area contributed by atoms with E-state index in [4.69, 9.17) is 0 Å². The second-order valence-corrected chi connectivity index (χ2v) is 27.7. The molecule has 0 radical (unpaired) electrons. The quantitative estimate of drug-likeness (QED) is 0.0579. The Morgan fingerprint density at radius 1 is 0.400 bits per heavy atom. The summed E-state index contributed by atoms with van der Waals surface area (Å²) >= 11 is 0. The number of benzene rings is 7. The maximum absolute atomic E-state index is 17.7. The predicted octanol–water partition coefficient (Wildman–Crippen LogP) is 15.2. The van der Waals surface area contributed by atoms with Gasteiger partial charge in [0.05, 0.1) is 8.07 Å². The molecule has 9 rings (SSSR count). The summed E-state index contributed by atoms with van der Waals surface area (Å²) in [5.41, 5.74) is -7.05. The van der Waals surface area contributed by atoms with Crippen molar-refractivity contribution in [3.05, 3.63) is 228 Å². The summed E-state index contributed by atoms with van der Waals surface area (Å²) in [5, 5.41) is 10.4. The van der Waals surface area contributed by atoms with Gasteiger partial charge in [-0.05, 0) is 85.9 Å². The molecule has 1 N–H and O–H groups in total. The van der Waals surface area contributed by atoms with Crippen LogP contribution in [0.15, 0.2) is 84.9 Å². The van der Waals surface area contributed by atoms with Crippen molar-refractivity contribution in [2.75, 3.05) is 0 Å². The van der Waals surface area contributed by atoms with Gasteiger partial charge in [-0.15, -0.1) is 10.9 Å². The Morgan fingerprint density at radius 2 is 0.747 bits per heavy atom. The van der Waals surface area contributed by atoms with Crippen LogP contribution < -0.4 is 16.1 Å². The number of hydrogen-bond acceptors (Lipinski definition) is 0. The summed E-state index contributed by atoms with van der Waals surface area (Å²) in [6.07, 6.45) is -5.43. The Bertz CT molecular complexity index is 3600. The highest BCUT2D eigenvalue weighted by Crippen LogP contribution is 2.73. The third-order valence-corrected chi connectivity index (χ3v) is 20.3. The molecule has 390 valence electrons. The van der Waals surface area contributed by atoms with Gasteiger partial charge in [-0.25, -0.2) is 65.9 Å². The summed E-state index contributed by atoms with van der Waals surface area (Å²) in [7, 11) is -9.81. The first kappa shape index (κ1) is 54.7. The van der Waals surface area contributed by atoms with Gasteiger partial charge < -0.3 is 0 Å². The van der Waals surface area contributed by atoms with Crippen LogP contribution >= 0.6 is 7.05 Å². The normalized spacial score (nSPS) is 17.4. The Hall–Kier alpha value is -6.56. The van der Waals surface area contributed by atoms with Crippen molar-refractivity contribution in [3.8, 4) is 0 Å². The van der Waals surface area contributed by atoms with Crippen LogP contribution in [0, 0.1) is 129 Å². The second-order valence-electron chi connectivity index (χ2n) is 19.6. The zero-order valence-corrected chi connectivity index (χ0v) is 43.1. The van der Waals surface area contributed by atoms with Crippen LogP contribution in [-0.2, 0) is 0 Å². The van der Waals surface area contributed by atoms with E-state index in [0.717, 1.165) is 6.07 Å². The standard InChI is InChI=1S/C49H36BF15NOPSi.C6H6/c1-18-14-20(3)26(21(4)15-18)47-28-24-12-10-11-13-25(24)49(69(7,8)9)29(27-31(51)35(55)39(59)36(56)32(27)52)50(28,30-33(53)37(57)40(60)38(58)34(30)54)66(67)68(47,46-22(5)16-19(2)17-23(46)6)48-44(64)42(62)41(61)43(63)45(48)65;1-2-4-6-5-3-1/h10-17,67H,1-9H3;1-6H/t50-,68+;/m1./s1. The van der Waals surface area contributed by atoms with Gasteiger partial charge in [0.15, 0.2) is 71.0 Å². The first-order chi connectivity index (χ1) is 35.0. The highest BCUT2D eigenvalue weighted by Gasteiger charge is 2.68. The fourth-order valence-electron chi connectivity index (χ4n) is 11.5. The molecule has 2 aliphatic rings. The number of halogens is 15. The highest BCUT2D eigenvalue weighted by molar-refractivity contribution is 7.89. The van der Waals surface area contributed by atoms with Crippen LogP contribution in [-0.4, -0.2) is 24.0 Å². The van der Waals surface area contributed by atoms with Gasteiger partial charge in [0.1, 0.15) is 16.9 Å². The highest BCUT2D eigenvalue weighted by atomic mass is 31.2. The number of fused-ring (bicyclic) bond motifs is 3. The van der Waals surface area contributed by atoms with Crippen LogP contribution in [0.1, 0.15) is 55.6 Å². The topological polar surface area (TPSA) is 23.2 Å². The van der Waals surface area contributed by atoms with Gasteiger partial charge in [0.25, 0.3) is 0 Å². The molecule has 2 heterocycles. The van der Waals surface area contributed by atoms with Gasteiger partial charge in [-0.1, -0.05) is 121 Å². The molecule has 0 unspecified atom stereocenters. The monoisotopic (exact) mass is 1090 g/mol. The van der Waals surface area contributed by atoms with Crippen molar-refractivity contribution in [2.45, 2.75) is 61.2 Å². The van der Waals surface area contributed by atoms with Gasteiger partial charge in [-0.3, -0.25) is 4.40 Å². The van der Waals surface area contributed by atoms with Crippen LogP contribution in [0.5, 0.6) is 0 Å². The number of hydrogen-bond donors (Lipinski definition) is 1. The minimum atomic E-state index is -5.96. The lowest BCUT2D eigenvalue weighted by atomic mass is 9.20. The maximum Gasteiger partial charge on any atom is 0.396 e. The largest absolute Gasteiger partial charge is 0.396 e. The van der Waals surface area contributed by atoms with E-state index in [1.165, 1.54) is 96.7 Å². The van der Waals surface area contributed by atoms with E-state index in [9.17, 15) is 5.21 Å². The first-order valence-corrected chi connectivity index (χ1v) is 28.2. The summed E-state index contributed by atoms with van der Waals surface area (Å²) in [5.74, 6) is -41.0. The summed E-state index contributed by atoms with van der Waals surface area (Å²) in [6, 6.07) is 22.5. The minimum absolute atomic E-state index is 0.0401. The van der Waals surface area contributed by atoms with E-state index in [1.807, 2.05) is 36.4 Å². The molecule has 0 aliphatic carbocycles. The molecule has 2 atom stereocenters. The van der Waals surface area contributed by atoms with Crippen molar-refractivity contribution < 1.29 is 75.5 Å². The lowest BCUT2D eigenvalue weighted by Crippen LogP contribution is -2.63. The molecule has 75 heavy (non-hydrogen) atoms. The average molecular weight is 1090 g/mol. The Balaban J connectivity index is 0.00000116. The molecule has 7 aromatic rings. The Morgan fingerprint density at radius 3 is 1.15 bits per heavy atom. The van der Waals surface area contributed by atoms with Crippen molar-refractivity contribution in [3.63, 3.8) is 0 Å². The fourth-order valence-corrected chi connectivity index (χ4v) is 19.0. The van der Waals surface area contributed by atoms with Crippen molar-refractivity contribution in [1.82, 2.24) is 0 Å². The molecule has 0 bridgehead atoms. The van der Waals surface area contributed by atoms with Gasteiger partial charge in [0.2, 0.25) is 11.6 Å². The Kier molecular flexibility index (Phi) is 14.0. The van der Waals surface area contributed by atoms with E-state index in [0.29, 0.717) is 11.1 Å². The van der Waals surface area contributed by atoms with E-state index >= 15 is 65.9 Å². The first-order valence-electron chi connectivity index (χ1n) is 22.9. The molecule has 20 heteroatoms. The molecule has 2 aliphatic heterocycles. The zero-order chi connectivity index (χ0) is 55.5. The van der Waals surface area contributed by atoms with E-state index < -0.39 is 157 Å². The van der Waals surface area contributed by atoms with Crippen LogP contribution in [0.25, 0.3) is 21.5 Å². The SMILES string of the molecule is Cc1cc(C)c(C2=C3c4ccccc4C([Si](C)(C)C)=C(c4c(F)c(F)c(F)c(F)c4F)[B@-]3(c3c(F)c(F)c(F)c(F)c3F)[N+](O)=[P@]2(c2c(C)cc(C)cc2C)c2c(F)c(F)c(F)c(F)c2F)c(C)c1.c1ccccc1. The zero-order valence-electron chi connectivity index (χ0n) is 41.2. The molecule has 0 spiro atoms. The van der Waals surface area contributed by atoms with Gasteiger partial charge in [-0.2, -0.15) is 5.21 Å². The molecule has 7 aromatic carbocycles. The van der Waals surface area contributed by atoms with E-state index in [1.54, 1.807) is 6.92 Å². The summed E-state index contributed by atoms with van der Waals surface area (Å²) in [6.45, 7) is 12.6. The molecule has 0 amide bonds. The van der Waals surface area contributed by atoms with Crippen LogP contribution in [0.3, 0.4) is 0 Å². The summed E-state index contributed by atoms with van der Waals surface area (Å²) in [4.78, 5) is 0. The van der Waals surface area contributed by atoms with Gasteiger partial charge >= 0.3 is 6.28 Å². The van der Waals surface area contributed by atoms with Crippen molar-refractivity contribution in [2.24, 2.45) is 0 Å². The average Bonchev–Trinajstić information content (AvgIpc) is 3.57. The van der Waals surface area contributed by atoms with E-state index in [2.05, 4.69) is 0 Å². The molecule has 0 saturated carbocycles. The smallest absolute Gasteiger partial charge is 0.286 e. The molecule has 0 fully saturated rings. The molecule has 2 nitrogen and oxygen atoms in total. The number of rotatable bonds is 6. The predicted molar refractivity (Wildman–Crippen MR) is 263 cm³/mol. The fraction of sp³-hybridized carbons (Fsp3) is 0.164.